The van der Waals surface area contributed by atoms with Crippen molar-refractivity contribution in [1.82, 2.24) is 20.7 Å². The van der Waals surface area contributed by atoms with Gasteiger partial charge in [0, 0.05) is 17.1 Å². The van der Waals surface area contributed by atoms with Crippen molar-refractivity contribution in [3.05, 3.63) is 23.8 Å². The minimum Gasteiger partial charge on any atom is -0.387 e. The molecule has 1 fully saturated rings. The summed E-state index contributed by atoms with van der Waals surface area (Å²) in [7, 11) is 0. The second-order valence-electron chi connectivity index (χ2n) is 5.66. The van der Waals surface area contributed by atoms with Crippen LogP contribution in [0.25, 0.3) is 11.0 Å². The summed E-state index contributed by atoms with van der Waals surface area (Å²) in [5.74, 6) is 0. The van der Waals surface area contributed by atoms with Crippen LogP contribution in [-0.2, 0) is 0 Å². The third kappa shape index (κ3) is 1.89. The second-order valence-corrected chi connectivity index (χ2v) is 5.66. The van der Waals surface area contributed by atoms with E-state index < -0.39 is 6.10 Å². The fourth-order valence-corrected chi connectivity index (χ4v) is 2.74. The van der Waals surface area contributed by atoms with Gasteiger partial charge in [-0.15, -0.1) is 0 Å². The SMILES string of the molecule is CC1(C)CC[C@@H]([C@H](O)c2cccc3n[nH]nc23)N1. The smallest absolute Gasteiger partial charge is 0.118 e. The number of para-hydroxylation sites is 1. The third-order valence-corrected chi connectivity index (χ3v) is 3.73. The van der Waals surface area contributed by atoms with Crippen molar-refractivity contribution in [3.63, 3.8) is 0 Å². The fourth-order valence-electron chi connectivity index (χ4n) is 2.74. The molecular weight excluding hydrogens is 228 g/mol. The molecule has 18 heavy (non-hydrogen) atoms. The molecule has 0 amide bonds. The summed E-state index contributed by atoms with van der Waals surface area (Å²) < 4.78 is 0. The van der Waals surface area contributed by atoms with E-state index in [1.54, 1.807) is 0 Å². The van der Waals surface area contributed by atoms with Crippen LogP contribution in [0.5, 0.6) is 0 Å². The Morgan fingerprint density at radius 3 is 2.94 bits per heavy atom. The van der Waals surface area contributed by atoms with Gasteiger partial charge in [0.05, 0.1) is 6.10 Å². The molecular formula is C13H18N4O. The first-order valence-corrected chi connectivity index (χ1v) is 6.32. The largest absolute Gasteiger partial charge is 0.387 e. The number of aromatic amines is 1. The molecule has 2 atom stereocenters. The Balaban J connectivity index is 1.93. The molecule has 0 aliphatic carbocycles. The molecule has 3 N–H and O–H groups in total. The molecule has 2 aromatic rings. The van der Waals surface area contributed by atoms with E-state index in [0.717, 1.165) is 29.4 Å². The minimum absolute atomic E-state index is 0.0855. The normalized spacial score (nSPS) is 24.5. The van der Waals surface area contributed by atoms with Gasteiger partial charge < -0.3 is 10.4 Å². The lowest BCUT2D eigenvalue weighted by Gasteiger charge is -2.23. The van der Waals surface area contributed by atoms with E-state index >= 15 is 0 Å². The Bertz CT molecular complexity index is 563. The highest BCUT2D eigenvalue weighted by atomic mass is 16.3. The highest BCUT2D eigenvalue weighted by Crippen LogP contribution is 2.32. The van der Waals surface area contributed by atoms with Crippen molar-refractivity contribution < 1.29 is 5.11 Å². The molecule has 2 heterocycles. The van der Waals surface area contributed by atoms with E-state index in [2.05, 4.69) is 34.6 Å². The first kappa shape index (κ1) is 11.6. The number of benzene rings is 1. The van der Waals surface area contributed by atoms with Gasteiger partial charge in [-0.2, -0.15) is 15.4 Å². The summed E-state index contributed by atoms with van der Waals surface area (Å²) >= 11 is 0. The minimum atomic E-state index is -0.541. The van der Waals surface area contributed by atoms with Crippen LogP contribution in [0.4, 0.5) is 0 Å². The molecule has 1 aromatic carbocycles. The summed E-state index contributed by atoms with van der Waals surface area (Å²) in [5.41, 5.74) is 2.50. The lowest BCUT2D eigenvalue weighted by Crippen LogP contribution is -2.40. The number of hydrogen-bond donors (Lipinski definition) is 3. The first-order chi connectivity index (χ1) is 8.57. The molecule has 0 saturated carbocycles. The van der Waals surface area contributed by atoms with Crippen LogP contribution in [0, 0.1) is 0 Å². The van der Waals surface area contributed by atoms with Crippen molar-refractivity contribution >= 4 is 11.0 Å². The molecule has 1 aliphatic rings. The summed E-state index contributed by atoms with van der Waals surface area (Å²) in [6, 6.07) is 5.80. The quantitative estimate of drug-likeness (QED) is 0.751. The van der Waals surface area contributed by atoms with Gasteiger partial charge in [0.2, 0.25) is 0 Å². The van der Waals surface area contributed by atoms with Gasteiger partial charge in [-0.05, 0) is 32.8 Å². The van der Waals surface area contributed by atoms with Gasteiger partial charge in [0.1, 0.15) is 11.0 Å². The zero-order chi connectivity index (χ0) is 12.8. The molecule has 1 aromatic heterocycles. The average Bonchev–Trinajstić information content (AvgIpc) is 2.93. The van der Waals surface area contributed by atoms with Crippen molar-refractivity contribution in [1.29, 1.82) is 0 Å². The Hall–Kier alpha value is -1.46. The molecule has 1 aliphatic heterocycles. The highest BCUT2D eigenvalue weighted by molar-refractivity contribution is 5.77. The highest BCUT2D eigenvalue weighted by Gasteiger charge is 2.35. The Labute approximate surface area is 106 Å². The van der Waals surface area contributed by atoms with Crippen LogP contribution < -0.4 is 5.32 Å². The van der Waals surface area contributed by atoms with E-state index in [1.807, 2.05) is 18.2 Å². The summed E-state index contributed by atoms with van der Waals surface area (Å²) in [4.78, 5) is 0. The van der Waals surface area contributed by atoms with Gasteiger partial charge >= 0.3 is 0 Å². The average molecular weight is 246 g/mol. The molecule has 5 nitrogen and oxygen atoms in total. The maximum absolute atomic E-state index is 10.5. The van der Waals surface area contributed by atoms with Gasteiger partial charge in [-0.3, -0.25) is 0 Å². The van der Waals surface area contributed by atoms with E-state index in [0.29, 0.717) is 0 Å². The number of rotatable bonds is 2. The van der Waals surface area contributed by atoms with E-state index in [4.69, 9.17) is 0 Å². The maximum Gasteiger partial charge on any atom is 0.118 e. The van der Waals surface area contributed by atoms with E-state index in [9.17, 15) is 5.11 Å². The van der Waals surface area contributed by atoms with Crippen LogP contribution in [0.15, 0.2) is 18.2 Å². The van der Waals surface area contributed by atoms with Crippen molar-refractivity contribution in [2.24, 2.45) is 0 Å². The topological polar surface area (TPSA) is 73.8 Å². The predicted molar refractivity (Wildman–Crippen MR) is 69.1 cm³/mol. The van der Waals surface area contributed by atoms with Gasteiger partial charge in [0.25, 0.3) is 0 Å². The van der Waals surface area contributed by atoms with Crippen LogP contribution in [0.2, 0.25) is 0 Å². The van der Waals surface area contributed by atoms with Gasteiger partial charge in [-0.1, -0.05) is 12.1 Å². The zero-order valence-electron chi connectivity index (χ0n) is 10.6. The molecule has 0 bridgehead atoms. The lowest BCUT2D eigenvalue weighted by molar-refractivity contribution is 0.133. The number of aromatic nitrogens is 3. The summed E-state index contributed by atoms with van der Waals surface area (Å²) in [6.45, 7) is 4.33. The third-order valence-electron chi connectivity index (χ3n) is 3.73. The number of nitrogens with one attached hydrogen (secondary N) is 2. The summed E-state index contributed by atoms with van der Waals surface area (Å²) in [6.07, 6.45) is 1.51. The van der Waals surface area contributed by atoms with Crippen LogP contribution in [-0.4, -0.2) is 32.1 Å². The van der Waals surface area contributed by atoms with Crippen LogP contribution in [0.3, 0.4) is 0 Å². The molecule has 0 unspecified atom stereocenters. The lowest BCUT2D eigenvalue weighted by atomic mass is 9.99. The monoisotopic (exact) mass is 246 g/mol. The second kappa shape index (κ2) is 4.03. The number of aliphatic hydroxyl groups excluding tert-OH is 1. The molecule has 5 heteroatoms. The maximum atomic E-state index is 10.5. The number of nitrogens with zero attached hydrogens (tertiary/aromatic N) is 2. The Kier molecular flexibility index (Phi) is 2.60. The van der Waals surface area contributed by atoms with Crippen molar-refractivity contribution in [2.75, 3.05) is 0 Å². The first-order valence-electron chi connectivity index (χ1n) is 6.32. The number of fused-ring (bicyclic) bond motifs is 1. The summed E-state index contributed by atoms with van der Waals surface area (Å²) in [5, 5.41) is 24.8. The van der Waals surface area contributed by atoms with Crippen molar-refractivity contribution in [3.8, 4) is 0 Å². The van der Waals surface area contributed by atoms with Crippen LogP contribution in [0.1, 0.15) is 38.4 Å². The number of aliphatic hydroxyl groups is 1. The molecule has 0 radical (unpaired) electrons. The van der Waals surface area contributed by atoms with Gasteiger partial charge in [0.15, 0.2) is 0 Å². The van der Waals surface area contributed by atoms with E-state index in [-0.39, 0.29) is 11.6 Å². The van der Waals surface area contributed by atoms with Crippen molar-refractivity contribution in [2.45, 2.75) is 44.4 Å². The van der Waals surface area contributed by atoms with E-state index in [1.165, 1.54) is 0 Å². The molecule has 96 valence electrons. The molecule has 1 saturated heterocycles. The van der Waals surface area contributed by atoms with Crippen LogP contribution >= 0.6 is 0 Å². The Morgan fingerprint density at radius 2 is 2.22 bits per heavy atom. The number of hydrogen-bond acceptors (Lipinski definition) is 4. The predicted octanol–water partition coefficient (Wildman–Crippen LogP) is 1.52. The standard InChI is InChI=1S/C13H18N4O/c1-13(2)7-6-10(14-13)12(18)8-4-3-5-9-11(8)16-17-15-9/h3-5,10,12,14,18H,6-7H2,1-2H3,(H,15,16,17)/t10-,12+/m0/s1. The number of H-pyrrole nitrogens is 1. The fraction of sp³-hybridized carbons (Fsp3) is 0.538. The Morgan fingerprint density at radius 1 is 1.39 bits per heavy atom. The molecule has 3 rings (SSSR count). The molecule has 0 spiro atoms. The zero-order valence-corrected chi connectivity index (χ0v) is 10.6. The van der Waals surface area contributed by atoms with Gasteiger partial charge in [-0.25, -0.2) is 0 Å².